The highest BCUT2D eigenvalue weighted by molar-refractivity contribution is 5.99. The third-order valence-electron chi connectivity index (χ3n) is 6.21. The summed E-state index contributed by atoms with van der Waals surface area (Å²) in [5.41, 5.74) is 0.592. The summed E-state index contributed by atoms with van der Waals surface area (Å²) in [4.78, 5) is 12.9. The predicted octanol–water partition coefficient (Wildman–Crippen LogP) is 3.72. The van der Waals surface area contributed by atoms with E-state index in [2.05, 4.69) is 26.8 Å². The zero-order valence-electron chi connectivity index (χ0n) is 14.1. The quantitative estimate of drug-likeness (QED) is 0.682. The van der Waals surface area contributed by atoms with E-state index in [0.29, 0.717) is 17.6 Å². The maximum Gasteiger partial charge on any atom is 0.164 e. The maximum atomic E-state index is 12.9. The van der Waals surface area contributed by atoms with Crippen LogP contribution in [0.4, 0.5) is 0 Å². The van der Waals surface area contributed by atoms with Crippen LogP contribution in [-0.4, -0.2) is 23.8 Å². The maximum absolute atomic E-state index is 12.9. The highest BCUT2D eigenvalue weighted by atomic mass is 16.8. The first-order chi connectivity index (χ1) is 9.66. The first kappa shape index (κ1) is 15.2. The number of hydrogen-bond donors (Lipinski definition) is 0. The lowest BCUT2D eigenvalue weighted by Gasteiger charge is -2.36. The largest absolute Gasteiger partial charge is 0.344 e. The molecule has 3 rings (SSSR count). The topological polar surface area (TPSA) is 35.5 Å². The van der Waals surface area contributed by atoms with E-state index in [1.807, 2.05) is 20.8 Å². The summed E-state index contributed by atoms with van der Waals surface area (Å²) in [6.07, 6.45) is 4.18. The van der Waals surface area contributed by atoms with Gasteiger partial charge < -0.3 is 9.47 Å². The van der Waals surface area contributed by atoms with Crippen LogP contribution >= 0.6 is 0 Å². The van der Waals surface area contributed by atoms with E-state index in [4.69, 9.17) is 9.47 Å². The molecule has 2 aliphatic carbocycles. The van der Waals surface area contributed by atoms with Gasteiger partial charge in [-0.2, -0.15) is 0 Å². The Labute approximate surface area is 128 Å². The molecule has 3 heteroatoms. The Morgan fingerprint density at radius 1 is 1.14 bits per heavy atom. The molecule has 0 aromatic rings. The number of fused-ring (bicyclic) bond motifs is 3. The molecule has 3 aliphatic rings. The Kier molecular flexibility index (Phi) is 3.38. The van der Waals surface area contributed by atoms with Crippen molar-refractivity contribution in [3.05, 3.63) is 11.6 Å². The lowest BCUT2D eigenvalue weighted by Crippen LogP contribution is -2.43. The van der Waals surface area contributed by atoms with Crippen LogP contribution in [0, 0.1) is 23.2 Å². The molecule has 0 aromatic carbocycles. The minimum atomic E-state index is -0.541. The molecule has 21 heavy (non-hydrogen) atoms. The highest BCUT2D eigenvalue weighted by Crippen LogP contribution is 2.53. The molecule has 118 valence electrons. The third kappa shape index (κ3) is 2.20. The molecule has 3 nitrogen and oxygen atoms in total. The minimum Gasteiger partial charge on any atom is -0.344 e. The monoisotopic (exact) mass is 292 g/mol. The highest BCUT2D eigenvalue weighted by Gasteiger charge is 2.57. The van der Waals surface area contributed by atoms with Crippen molar-refractivity contribution in [1.82, 2.24) is 0 Å². The number of carbonyl (C=O) groups is 1. The second kappa shape index (κ2) is 4.66. The van der Waals surface area contributed by atoms with Gasteiger partial charge in [-0.25, -0.2) is 0 Å². The summed E-state index contributed by atoms with van der Waals surface area (Å²) in [6, 6.07) is 0. The zero-order valence-corrected chi connectivity index (χ0v) is 14.1. The fourth-order valence-corrected chi connectivity index (χ4v) is 4.63. The number of allylic oxidation sites excluding steroid dienone is 2. The van der Waals surface area contributed by atoms with E-state index in [0.717, 1.165) is 18.4 Å². The van der Waals surface area contributed by atoms with Crippen LogP contribution in [0.15, 0.2) is 11.6 Å². The summed E-state index contributed by atoms with van der Waals surface area (Å²) >= 11 is 0. The van der Waals surface area contributed by atoms with Gasteiger partial charge in [0.25, 0.3) is 0 Å². The first-order valence-corrected chi connectivity index (χ1v) is 8.23. The Morgan fingerprint density at radius 2 is 1.76 bits per heavy atom. The molecule has 6 atom stereocenters. The number of ketones is 1. The molecule has 1 aliphatic heterocycles. The Hall–Kier alpha value is -0.670. The van der Waals surface area contributed by atoms with Gasteiger partial charge in [-0.15, -0.1) is 0 Å². The van der Waals surface area contributed by atoms with Gasteiger partial charge in [-0.05, 0) is 56.9 Å². The molecule has 2 bridgehead atoms. The standard InChI is InChI=1S/C18H28O3/c1-10-7-8-13-9-18(6,16(10)19)12(3)15-14(11(13)2)20-17(4,5)21-15/h7,11-15H,8-9H2,1-6H3/t11-,12-,13+,14+,15-,18+/m1/s1. The molecular weight excluding hydrogens is 264 g/mol. The minimum absolute atomic E-state index is 0.0137. The average molecular weight is 292 g/mol. The van der Waals surface area contributed by atoms with Gasteiger partial charge >= 0.3 is 0 Å². The number of ether oxygens (including phenoxy) is 2. The third-order valence-corrected chi connectivity index (χ3v) is 6.21. The molecule has 1 heterocycles. The summed E-state index contributed by atoms with van der Waals surface area (Å²) in [5, 5.41) is 0. The predicted molar refractivity (Wildman–Crippen MR) is 81.7 cm³/mol. The summed E-state index contributed by atoms with van der Waals surface area (Å²) in [5.74, 6) is 0.840. The number of Topliss-reactive ketones (excluding diaryl/α,β-unsaturated/α-hetero) is 1. The number of carbonyl (C=O) groups excluding carboxylic acids is 1. The number of rotatable bonds is 0. The Morgan fingerprint density at radius 3 is 2.43 bits per heavy atom. The Bertz CT molecular complexity index is 493. The van der Waals surface area contributed by atoms with Crippen LogP contribution in [0.25, 0.3) is 0 Å². The van der Waals surface area contributed by atoms with Crippen LogP contribution in [0.5, 0.6) is 0 Å². The molecule has 0 amide bonds. The molecular formula is C18H28O3. The van der Waals surface area contributed by atoms with Crippen molar-refractivity contribution in [2.75, 3.05) is 0 Å². The summed E-state index contributed by atoms with van der Waals surface area (Å²) in [7, 11) is 0. The van der Waals surface area contributed by atoms with Gasteiger partial charge in [0.1, 0.15) is 0 Å². The SMILES string of the molecule is CC1=CC[C@H]2C[C@](C)(C1=O)[C@H](C)[C@H]1OC(C)(C)O[C@H]1[C@@H]2C. The van der Waals surface area contributed by atoms with Crippen molar-refractivity contribution in [2.45, 2.75) is 72.4 Å². The Balaban J connectivity index is 2.07. The van der Waals surface area contributed by atoms with E-state index in [1.165, 1.54) is 0 Å². The fourth-order valence-electron chi connectivity index (χ4n) is 4.63. The van der Waals surface area contributed by atoms with Gasteiger partial charge in [-0.3, -0.25) is 4.79 Å². The summed E-state index contributed by atoms with van der Waals surface area (Å²) in [6.45, 7) is 12.5. The van der Waals surface area contributed by atoms with Crippen molar-refractivity contribution in [3.8, 4) is 0 Å². The lowest BCUT2D eigenvalue weighted by molar-refractivity contribution is -0.164. The first-order valence-electron chi connectivity index (χ1n) is 8.23. The molecule has 0 radical (unpaired) electrons. The average Bonchev–Trinajstić information content (AvgIpc) is 2.66. The van der Waals surface area contributed by atoms with Crippen molar-refractivity contribution >= 4 is 5.78 Å². The van der Waals surface area contributed by atoms with E-state index in [-0.39, 0.29) is 23.5 Å². The normalized spacial score (nSPS) is 49.1. The van der Waals surface area contributed by atoms with Crippen LogP contribution in [-0.2, 0) is 14.3 Å². The number of hydrogen-bond acceptors (Lipinski definition) is 3. The van der Waals surface area contributed by atoms with Gasteiger partial charge in [0.2, 0.25) is 0 Å². The molecule has 0 spiro atoms. The zero-order chi connectivity index (χ0) is 15.6. The molecule has 2 fully saturated rings. The van der Waals surface area contributed by atoms with E-state index in [9.17, 15) is 4.79 Å². The molecule has 0 aromatic heterocycles. The summed E-state index contributed by atoms with van der Waals surface area (Å²) < 4.78 is 12.4. The van der Waals surface area contributed by atoms with Gasteiger partial charge in [-0.1, -0.05) is 26.8 Å². The van der Waals surface area contributed by atoms with Crippen molar-refractivity contribution in [1.29, 1.82) is 0 Å². The van der Waals surface area contributed by atoms with Gasteiger partial charge in [0, 0.05) is 5.41 Å². The van der Waals surface area contributed by atoms with Crippen LogP contribution in [0.1, 0.15) is 54.4 Å². The van der Waals surface area contributed by atoms with Gasteiger partial charge in [0.05, 0.1) is 12.2 Å². The van der Waals surface area contributed by atoms with E-state index in [1.54, 1.807) is 0 Å². The van der Waals surface area contributed by atoms with E-state index < -0.39 is 5.79 Å². The van der Waals surface area contributed by atoms with Crippen LogP contribution in [0.2, 0.25) is 0 Å². The van der Waals surface area contributed by atoms with Crippen molar-refractivity contribution < 1.29 is 14.3 Å². The smallest absolute Gasteiger partial charge is 0.164 e. The molecule has 0 N–H and O–H groups in total. The molecule has 0 unspecified atom stereocenters. The second-order valence-corrected chi connectivity index (χ2v) is 8.05. The second-order valence-electron chi connectivity index (χ2n) is 8.05. The molecule has 1 saturated heterocycles. The van der Waals surface area contributed by atoms with Crippen molar-refractivity contribution in [3.63, 3.8) is 0 Å². The van der Waals surface area contributed by atoms with E-state index >= 15 is 0 Å². The lowest BCUT2D eigenvalue weighted by atomic mass is 9.68. The van der Waals surface area contributed by atoms with Crippen LogP contribution < -0.4 is 0 Å². The molecule has 1 saturated carbocycles. The van der Waals surface area contributed by atoms with Gasteiger partial charge in [0.15, 0.2) is 11.6 Å². The van der Waals surface area contributed by atoms with Crippen LogP contribution in [0.3, 0.4) is 0 Å². The fraction of sp³-hybridized carbons (Fsp3) is 0.833. The van der Waals surface area contributed by atoms with Crippen molar-refractivity contribution in [2.24, 2.45) is 23.2 Å².